The zero-order chi connectivity index (χ0) is 19.0. The van der Waals surface area contributed by atoms with Gasteiger partial charge in [-0.3, -0.25) is 4.90 Å². The molecule has 2 aliphatic heterocycles. The molecule has 5 nitrogen and oxygen atoms in total. The van der Waals surface area contributed by atoms with Gasteiger partial charge >= 0.3 is 6.03 Å². The van der Waals surface area contributed by atoms with Crippen molar-refractivity contribution in [2.75, 3.05) is 26.7 Å². The normalized spacial score (nSPS) is 18.5. The fourth-order valence-corrected chi connectivity index (χ4v) is 3.97. The number of benzene rings is 2. The van der Waals surface area contributed by atoms with Gasteiger partial charge in [-0.05, 0) is 18.2 Å². The van der Waals surface area contributed by atoms with Gasteiger partial charge < -0.3 is 15.0 Å². The van der Waals surface area contributed by atoms with Gasteiger partial charge in [-0.25, -0.2) is 9.18 Å². The molecule has 27 heavy (non-hydrogen) atoms. The third-order valence-electron chi connectivity index (χ3n) is 5.42. The second-order valence-electron chi connectivity index (χ2n) is 7.18. The van der Waals surface area contributed by atoms with Gasteiger partial charge in [0.1, 0.15) is 18.2 Å². The number of ether oxygens (including phenoxy) is 1. The van der Waals surface area contributed by atoms with Gasteiger partial charge in [-0.1, -0.05) is 35.9 Å². The summed E-state index contributed by atoms with van der Waals surface area (Å²) in [6.45, 7) is 3.10. The molecule has 0 atom stereocenters. The van der Waals surface area contributed by atoms with E-state index in [4.69, 9.17) is 16.3 Å². The number of likely N-dealkylation sites (N-methyl/N-ethyl adjacent to an activating group) is 1. The summed E-state index contributed by atoms with van der Waals surface area (Å²) < 4.78 is 19.8. The van der Waals surface area contributed by atoms with Crippen molar-refractivity contribution >= 4 is 17.6 Å². The van der Waals surface area contributed by atoms with Crippen molar-refractivity contribution < 1.29 is 13.9 Å². The Labute approximate surface area is 162 Å². The first-order valence-electron chi connectivity index (χ1n) is 8.86. The number of para-hydroxylation sites is 1. The topological polar surface area (TPSA) is 44.8 Å². The smallest absolute Gasteiger partial charge is 0.317 e. The molecule has 2 saturated heterocycles. The van der Waals surface area contributed by atoms with Crippen molar-refractivity contribution in [3.63, 3.8) is 0 Å². The van der Waals surface area contributed by atoms with Crippen LogP contribution in [0.25, 0.3) is 0 Å². The maximum atomic E-state index is 14.0. The highest BCUT2D eigenvalue weighted by Gasteiger charge is 2.51. The van der Waals surface area contributed by atoms with Crippen molar-refractivity contribution in [3.8, 4) is 5.75 Å². The van der Waals surface area contributed by atoms with Gasteiger partial charge in [-0.2, -0.15) is 0 Å². The Balaban J connectivity index is 1.41. The Bertz CT molecular complexity index is 850. The highest BCUT2D eigenvalue weighted by molar-refractivity contribution is 6.31. The molecule has 2 aromatic rings. The summed E-state index contributed by atoms with van der Waals surface area (Å²) in [5.41, 5.74) is 1.28. The average molecular weight is 390 g/mol. The van der Waals surface area contributed by atoms with E-state index in [0.717, 1.165) is 18.7 Å². The molecule has 1 N–H and O–H groups in total. The molecule has 2 aliphatic rings. The van der Waals surface area contributed by atoms with Crippen LogP contribution in [0.5, 0.6) is 5.75 Å². The number of carbonyl (C=O) groups is 1. The van der Waals surface area contributed by atoms with E-state index in [1.165, 1.54) is 6.07 Å². The Hall–Kier alpha value is -2.31. The number of rotatable bonds is 5. The summed E-state index contributed by atoms with van der Waals surface area (Å²) in [5, 5.41) is 3.25. The van der Waals surface area contributed by atoms with Gasteiger partial charge in [0, 0.05) is 44.4 Å². The molecule has 0 unspecified atom stereocenters. The maximum absolute atomic E-state index is 14.0. The van der Waals surface area contributed by atoms with Crippen LogP contribution in [0.2, 0.25) is 5.02 Å². The van der Waals surface area contributed by atoms with Crippen LogP contribution in [0, 0.1) is 5.82 Å². The maximum Gasteiger partial charge on any atom is 0.317 e. The van der Waals surface area contributed by atoms with E-state index in [1.807, 2.05) is 31.3 Å². The fraction of sp³-hybridized carbons (Fsp3) is 0.350. The Morgan fingerprint density at radius 3 is 2.70 bits per heavy atom. The quantitative estimate of drug-likeness (QED) is 0.853. The number of amides is 2. The molecule has 0 bridgehead atoms. The largest absolute Gasteiger partial charge is 0.488 e. The summed E-state index contributed by atoms with van der Waals surface area (Å²) >= 11 is 6.08. The molecular weight excluding hydrogens is 369 g/mol. The van der Waals surface area contributed by atoms with Crippen molar-refractivity contribution in [2.24, 2.45) is 0 Å². The molecule has 4 rings (SSSR count). The standard InChI is InChI=1S/C20H21ClFN3O2/c1-24-19(26)23-11-20(24)12-25(13-20)9-14-5-2-3-8-18(14)27-10-15-16(21)6-4-7-17(15)22/h2-8H,9-13H2,1H3,(H,23,26). The molecule has 0 aliphatic carbocycles. The summed E-state index contributed by atoms with van der Waals surface area (Å²) in [5.74, 6) is 0.345. The number of hydrogen-bond acceptors (Lipinski definition) is 3. The van der Waals surface area contributed by atoms with Crippen LogP contribution in [0.3, 0.4) is 0 Å². The molecule has 7 heteroatoms. The van der Waals surface area contributed by atoms with Gasteiger partial charge in [0.15, 0.2) is 0 Å². The first kappa shape index (κ1) is 18.1. The van der Waals surface area contributed by atoms with Gasteiger partial charge in [0.05, 0.1) is 10.6 Å². The minimum atomic E-state index is -0.369. The van der Waals surface area contributed by atoms with Crippen molar-refractivity contribution in [3.05, 3.63) is 64.4 Å². The van der Waals surface area contributed by atoms with Crippen molar-refractivity contribution in [1.29, 1.82) is 0 Å². The Morgan fingerprint density at radius 2 is 2.00 bits per heavy atom. The van der Waals surface area contributed by atoms with Crippen LogP contribution in [-0.2, 0) is 13.2 Å². The van der Waals surface area contributed by atoms with E-state index in [-0.39, 0.29) is 24.0 Å². The van der Waals surface area contributed by atoms with Crippen LogP contribution < -0.4 is 10.1 Å². The summed E-state index contributed by atoms with van der Waals surface area (Å²) in [6, 6.07) is 12.3. The molecule has 142 valence electrons. The van der Waals surface area contributed by atoms with Crippen molar-refractivity contribution in [2.45, 2.75) is 18.7 Å². The molecule has 2 aromatic carbocycles. The van der Waals surface area contributed by atoms with E-state index >= 15 is 0 Å². The number of carbonyl (C=O) groups excluding carboxylic acids is 1. The SMILES string of the molecule is CN1C(=O)NCC12CN(Cc1ccccc1OCc1c(F)cccc1Cl)C2. The predicted octanol–water partition coefficient (Wildman–Crippen LogP) is 3.27. The lowest BCUT2D eigenvalue weighted by Gasteiger charge is -2.50. The van der Waals surface area contributed by atoms with Gasteiger partial charge in [0.25, 0.3) is 0 Å². The van der Waals surface area contributed by atoms with Gasteiger partial charge in [0.2, 0.25) is 0 Å². The van der Waals surface area contributed by atoms with E-state index in [2.05, 4.69) is 10.2 Å². The molecule has 2 heterocycles. The number of likely N-dealkylation sites (tertiary alicyclic amines) is 1. The molecule has 0 saturated carbocycles. The molecule has 0 aromatic heterocycles. The van der Waals surface area contributed by atoms with E-state index in [0.29, 0.717) is 29.4 Å². The molecule has 2 amide bonds. The number of halogens is 2. The lowest BCUT2D eigenvalue weighted by Crippen LogP contribution is -2.68. The van der Waals surface area contributed by atoms with Crippen LogP contribution in [-0.4, -0.2) is 48.1 Å². The van der Waals surface area contributed by atoms with E-state index < -0.39 is 0 Å². The number of nitrogens with one attached hydrogen (secondary N) is 1. The number of hydrogen-bond donors (Lipinski definition) is 1. The molecule has 2 fully saturated rings. The van der Waals surface area contributed by atoms with Crippen LogP contribution >= 0.6 is 11.6 Å². The number of urea groups is 1. The Kier molecular flexibility index (Phi) is 4.70. The average Bonchev–Trinajstić information content (AvgIpc) is 2.91. The fourth-order valence-electron chi connectivity index (χ4n) is 3.75. The number of nitrogens with zero attached hydrogens (tertiary/aromatic N) is 2. The predicted molar refractivity (Wildman–Crippen MR) is 101 cm³/mol. The first-order valence-corrected chi connectivity index (χ1v) is 9.24. The van der Waals surface area contributed by atoms with Crippen LogP contribution in [0.1, 0.15) is 11.1 Å². The van der Waals surface area contributed by atoms with Crippen molar-refractivity contribution in [1.82, 2.24) is 15.1 Å². The highest BCUT2D eigenvalue weighted by atomic mass is 35.5. The third kappa shape index (κ3) is 3.35. The monoisotopic (exact) mass is 389 g/mol. The Morgan fingerprint density at radius 1 is 1.22 bits per heavy atom. The molecule has 0 radical (unpaired) electrons. The second kappa shape index (κ2) is 7.02. The summed E-state index contributed by atoms with van der Waals surface area (Å²) in [6.07, 6.45) is 0. The highest BCUT2D eigenvalue weighted by Crippen LogP contribution is 2.33. The van der Waals surface area contributed by atoms with Gasteiger partial charge in [-0.15, -0.1) is 0 Å². The zero-order valence-electron chi connectivity index (χ0n) is 15.0. The second-order valence-corrected chi connectivity index (χ2v) is 7.59. The first-order chi connectivity index (χ1) is 13.0. The third-order valence-corrected chi connectivity index (χ3v) is 5.78. The summed E-state index contributed by atoms with van der Waals surface area (Å²) in [4.78, 5) is 15.8. The molecule has 1 spiro atoms. The van der Waals surface area contributed by atoms with Crippen LogP contribution in [0.15, 0.2) is 42.5 Å². The summed E-state index contributed by atoms with van der Waals surface area (Å²) in [7, 11) is 1.84. The van der Waals surface area contributed by atoms with E-state index in [1.54, 1.807) is 17.0 Å². The zero-order valence-corrected chi connectivity index (χ0v) is 15.8. The lowest BCUT2D eigenvalue weighted by atomic mass is 9.89. The minimum absolute atomic E-state index is 0.0138. The lowest BCUT2D eigenvalue weighted by molar-refractivity contribution is -0.00157. The van der Waals surface area contributed by atoms with E-state index in [9.17, 15) is 9.18 Å². The van der Waals surface area contributed by atoms with Crippen LogP contribution in [0.4, 0.5) is 9.18 Å². The molecular formula is C20H21ClFN3O2. The minimum Gasteiger partial charge on any atom is -0.488 e.